The van der Waals surface area contributed by atoms with Crippen molar-refractivity contribution in [2.75, 3.05) is 5.75 Å². The number of thiophene rings is 1. The predicted octanol–water partition coefficient (Wildman–Crippen LogP) is 5.50. The van der Waals surface area contributed by atoms with Crippen LogP contribution in [0.5, 0.6) is 0 Å². The molecule has 5 rings (SSSR count). The number of carbonyl (C=O) groups is 1. The lowest BCUT2D eigenvalue weighted by Crippen LogP contribution is -2.28. The lowest BCUT2D eigenvalue weighted by molar-refractivity contribution is -0.130. The van der Waals surface area contributed by atoms with E-state index in [9.17, 15) is 4.79 Å². The molecule has 0 N–H and O–H groups in total. The first-order valence-electron chi connectivity index (χ1n) is 10.8. The van der Waals surface area contributed by atoms with Crippen LogP contribution in [0.3, 0.4) is 0 Å². The predicted molar refractivity (Wildman–Crippen MR) is 133 cm³/mol. The molecule has 8 heteroatoms. The van der Waals surface area contributed by atoms with Gasteiger partial charge < -0.3 is 4.57 Å². The third-order valence-corrected chi connectivity index (χ3v) is 7.37. The van der Waals surface area contributed by atoms with Gasteiger partial charge in [0.15, 0.2) is 11.0 Å². The molecule has 0 saturated heterocycles. The van der Waals surface area contributed by atoms with Crippen molar-refractivity contribution < 1.29 is 4.79 Å². The second-order valence-corrected chi connectivity index (χ2v) is 9.49. The fourth-order valence-corrected chi connectivity index (χ4v) is 5.51. The molecule has 1 atom stereocenters. The van der Waals surface area contributed by atoms with Crippen molar-refractivity contribution in [3.63, 3.8) is 0 Å². The molecular weight excluding hydrogens is 450 g/mol. The summed E-state index contributed by atoms with van der Waals surface area (Å²) in [5.74, 6) is 1.05. The zero-order valence-electron chi connectivity index (χ0n) is 18.2. The van der Waals surface area contributed by atoms with Crippen LogP contribution in [-0.4, -0.2) is 37.1 Å². The summed E-state index contributed by atoms with van der Waals surface area (Å²) in [7, 11) is 0. The molecule has 2 aromatic carbocycles. The van der Waals surface area contributed by atoms with Crippen LogP contribution in [0.4, 0.5) is 0 Å². The first-order valence-corrected chi connectivity index (χ1v) is 12.7. The summed E-state index contributed by atoms with van der Waals surface area (Å²) in [4.78, 5) is 14.4. The van der Waals surface area contributed by atoms with Crippen LogP contribution in [0.2, 0.25) is 0 Å². The van der Waals surface area contributed by atoms with Crippen molar-refractivity contribution in [3.8, 4) is 10.7 Å². The molecular formula is C25H23N5OS2. The quantitative estimate of drug-likeness (QED) is 0.333. The smallest absolute Gasteiger partial charge is 0.253 e. The zero-order chi connectivity index (χ0) is 22.6. The van der Waals surface area contributed by atoms with Crippen molar-refractivity contribution in [3.05, 3.63) is 89.3 Å². The molecule has 0 bridgehead atoms. The number of carbonyl (C=O) groups excluding carboxylic acids is 1. The summed E-state index contributed by atoms with van der Waals surface area (Å²) < 4.78 is 2.06. The van der Waals surface area contributed by atoms with Crippen molar-refractivity contribution >= 4 is 34.7 Å². The van der Waals surface area contributed by atoms with Crippen LogP contribution in [0.15, 0.2) is 88.4 Å². The van der Waals surface area contributed by atoms with E-state index in [4.69, 9.17) is 5.10 Å². The summed E-state index contributed by atoms with van der Waals surface area (Å²) in [5.41, 5.74) is 3.06. The van der Waals surface area contributed by atoms with Gasteiger partial charge in [-0.2, -0.15) is 5.10 Å². The minimum atomic E-state index is -0.111. The number of aromatic nitrogens is 3. The van der Waals surface area contributed by atoms with Gasteiger partial charge in [-0.05, 0) is 29.5 Å². The van der Waals surface area contributed by atoms with Gasteiger partial charge in [-0.3, -0.25) is 4.79 Å². The molecule has 0 fully saturated rings. The van der Waals surface area contributed by atoms with E-state index in [1.165, 1.54) is 11.8 Å². The highest BCUT2D eigenvalue weighted by Crippen LogP contribution is 2.34. The standard InChI is InChI=1S/C25H23N5OS2/c1-2-29-24(22-14-9-15-32-22)26-27-25(29)33-17-23(31)30-21(19-12-7-4-8-13-19)16-20(28-30)18-10-5-3-6-11-18/h3-15,21H,2,16-17H2,1H3/t21-/m0/s1. The molecule has 1 aliphatic heterocycles. The van der Waals surface area contributed by atoms with E-state index in [2.05, 4.69) is 33.8 Å². The number of amides is 1. The molecule has 2 aromatic heterocycles. The molecule has 0 spiro atoms. The van der Waals surface area contributed by atoms with E-state index >= 15 is 0 Å². The van der Waals surface area contributed by atoms with Crippen LogP contribution >= 0.6 is 23.1 Å². The number of hydrazone groups is 1. The van der Waals surface area contributed by atoms with Crippen LogP contribution in [0, 0.1) is 0 Å². The summed E-state index contributed by atoms with van der Waals surface area (Å²) >= 11 is 3.05. The normalized spacial score (nSPS) is 15.6. The minimum absolute atomic E-state index is 0.0388. The molecule has 0 saturated carbocycles. The maximum atomic E-state index is 13.4. The first-order chi connectivity index (χ1) is 16.2. The number of thioether (sulfide) groups is 1. The SMILES string of the molecule is CCn1c(SCC(=O)N2N=C(c3ccccc3)C[C@H]2c2ccccc2)nnc1-c1cccs1. The average Bonchev–Trinajstić information content (AvgIpc) is 3.63. The molecule has 166 valence electrons. The maximum Gasteiger partial charge on any atom is 0.253 e. The molecule has 33 heavy (non-hydrogen) atoms. The Balaban J connectivity index is 1.37. The summed E-state index contributed by atoms with van der Waals surface area (Å²) in [6, 6.07) is 24.1. The largest absolute Gasteiger partial charge is 0.302 e. The van der Waals surface area contributed by atoms with Crippen molar-refractivity contribution in [1.29, 1.82) is 0 Å². The van der Waals surface area contributed by atoms with E-state index in [0.717, 1.165) is 39.2 Å². The second kappa shape index (κ2) is 9.72. The first kappa shape index (κ1) is 21.6. The molecule has 1 aliphatic rings. The van der Waals surface area contributed by atoms with Gasteiger partial charge >= 0.3 is 0 Å². The highest BCUT2D eigenvalue weighted by molar-refractivity contribution is 7.99. The second-order valence-electron chi connectivity index (χ2n) is 7.60. The molecule has 1 amide bonds. The van der Waals surface area contributed by atoms with E-state index < -0.39 is 0 Å². The lowest BCUT2D eigenvalue weighted by Gasteiger charge is -2.21. The molecule has 4 aromatic rings. The Labute approximate surface area is 201 Å². The third-order valence-electron chi connectivity index (χ3n) is 5.56. The number of hydrogen-bond acceptors (Lipinski definition) is 6. The molecule has 0 radical (unpaired) electrons. The van der Waals surface area contributed by atoms with Gasteiger partial charge in [-0.15, -0.1) is 21.5 Å². The molecule has 6 nitrogen and oxygen atoms in total. The number of rotatable bonds is 7. The molecule has 0 aliphatic carbocycles. The van der Waals surface area contributed by atoms with Gasteiger partial charge in [-0.25, -0.2) is 5.01 Å². The number of benzene rings is 2. The number of hydrogen-bond donors (Lipinski definition) is 0. The van der Waals surface area contributed by atoms with Gasteiger partial charge in [0, 0.05) is 13.0 Å². The van der Waals surface area contributed by atoms with Crippen molar-refractivity contribution in [1.82, 2.24) is 19.8 Å². The van der Waals surface area contributed by atoms with Gasteiger partial charge in [0.25, 0.3) is 5.91 Å². The molecule has 0 unspecified atom stereocenters. The van der Waals surface area contributed by atoms with Crippen LogP contribution < -0.4 is 0 Å². The Hall–Kier alpha value is -3.23. The van der Waals surface area contributed by atoms with E-state index in [1.807, 2.05) is 66.0 Å². The summed E-state index contributed by atoms with van der Waals surface area (Å²) in [6.45, 7) is 2.80. The van der Waals surface area contributed by atoms with Crippen LogP contribution in [0.25, 0.3) is 10.7 Å². The maximum absolute atomic E-state index is 13.4. The van der Waals surface area contributed by atoms with E-state index in [0.29, 0.717) is 6.42 Å². The van der Waals surface area contributed by atoms with Gasteiger partial charge in [0.1, 0.15) is 0 Å². The average molecular weight is 474 g/mol. The highest BCUT2D eigenvalue weighted by atomic mass is 32.2. The Morgan fingerprint density at radius 2 is 1.79 bits per heavy atom. The van der Waals surface area contributed by atoms with Gasteiger partial charge in [-0.1, -0.05) is 78.5 Å². The fraction of sp³-hybridized carbons (Fsp3) is 0.200. The Kier molecular flexibility index (Phi) is 6.37. The van der Waals surface area contributed by atoms with E-state index in [-0.39, 0.29) is 17.7 Å². The molecule has 3 heterocycles. The lowest BCUT2D eigenvalue weighted by atomic mass is 9.98. The van der Waals surface area contributed by atoms with Crippen molar-refractivity contribution in [2.45, 2.75) is 31.1 Å². The Morgan fingerprint density at radius 1 is 1.03 bits per heavy atom. The third kappa shape index (κ3) is 4.49. The number of nitrogens with zero attached hydrogens (tertiary/aromatic N) is 5. The summed E-state index contributed by atoms with van der Waals surface area (Å²) in [5, 5.41) is 17.9. The Morgan fingerprint density at radius 3 is 2.48 bits per heavy atom. The van der Waals surface area contributed by atoms with Crippen LogP contribution in [-0.2, 0) is 11.3 Å². The van der Waals surface area contributed by atoms with Crippen molar-refractivity contribution in [2.24, 2.45) is 5.10 Å². The van der Waals surface area contributed by atoms with Crippen LogP contribution in [0.1, 0.15) is 30.5 Å². The highest BCUT2D eigenvalue weighted by Gasteiger charge is 2.33. The zero-order valence-corrected chi connectivity index (χ0v) is 19.8. The topological polar surface area (TPSA) is 63.4 Å². The minimum Gasteiger partial charge on any atom is -0.302 e. The summed E-state index contributed by atoms with van der Waals surface area (Å²) in [6.07, 6.45) is 0.693. The fourth-order valence-electron chi connectivity index (χ4n) is 3.94. The Bertz CT molecular complexity index is 1250. The van der Waals surface area contributed by atoms with E-state index in [1.54, 1.807) is 16.3 Å². The monoisotopic (exact) mass is 473 g/mol. The van der Waals surface area contributed by atoms with Gasteiger partial charge in [0.2, 0.25) is 0 Å². The van der Waals surface area contributed by atoms with Gasteiger partial charge in [0.05, 0.1) is 22.4 Å².